The van der Waals surface area contributed by atoms with Crippen LogP contribution in [0.25, 0.3) is 11.0 Å². The Bertz CT molecular complexity index is 888. The highest BCUT2D eigenvalue weighted by Gasteiger charge is 2.29. The number of carbonyl (C=O) groups excluding carboxylic acids is 2. The van der Waals surface area contributed by atoms with Crippen LogP contribution in [-0.2, 0) is 14.3 Å². The summed E-state index contributed by atoms with van der Waals surface area (Å²) in [5.41, 5.74) is 0.739. The fourth-order valence-electron chi connectivity index (χ4n) is 2.70. The van der Waals surface area contributed by atoms with Crippen LogP contribution in [0.15, 0.2) is 33.5 Å². The quantitative estimate of drug-likeness (QED) is 0.590. The number of hydrogen-bond acceptors (Lipinski definition) is 6. The summed E-state index contributed by atoms with van der Waals surface area (Å²) < 4.78 is 15.6. The van der Waals surface area contributed by atoms with Gasteiger partial charge in [0, 0.05) is 17.5 Å². The van der Waals surface area contributed by atoms with Crippen molar-refractivity contribution in [1.82, 2.24) is 5.32 Å². The first kappa shape index (κ1) is 20.5. The average Bonchev–Trinajstić information content (AvgIpc) is 2.64. The number of fused-ring (bicyclic) bond motifs is 1. The van der Waals surface area contributed by atoms with Crippen LogP contribution < -0.4 is 15.7 Å². The molecular weight excluding hydrogens is 350 g/mol. The molecule has 0 aliphatic rings. The summed E-state index contributed by atoms with van der Waals surface area (Å²) in [5, 5.41) is 3.48. The van der Waals surface area contributed by atoms with Crippen LogP contribution in [-0.4, -0.2) is 31.1 Å². The molecule has 0 bridgehead atoms. The van der Waals surface area contributed by atoms with Gasteiger partial charge in [0.25, 0.3) is 5.91 Å². The summed E-state index contributed by atoms with van der Waals surface area (Å²) in [6.07, 6.45) is -0.145. The van der Waals surface area contributed by atoms with Gasteiger partial charge in [-0.15, -0.1) is 0 Å². The van der Waals surface area contributed by atoms with Crippen LogP contribution in [0.3, 0.4) is 0 Å². The molecule has 1 heterocycles. The minimum atomic E-state index is -0.852. The first-order valence-corrected chi connectivity index (χ1v) is 8.86. The largest absolute Gasteiger partial charge is 0.481 e. The molecule has 3 atom stereocenters. The molecule has 0 unspecified atom stereocenters. The summed E-state index contributed by atoms with van der Waals surface area (Å²) in [5.74, 6) is -0.618. The number of methoxy groups -OCH3 is 1. The Labute approximate surface area is 157 Å². The molecule has 1 N–H and O–H groups in total. The van der Waals surface area contributed by atoms with Gasteiger partial charge in [-0.1, -0.05) is 20.3 Å². The third kappa shape index (κ3) is 4.87. The van der Waals surface area contributed by atoms with Gasteiger partial charge in [0.15, 0.2) is 6.10 Å². The molecule has 1 aromatic heterocycles. The molecule has 1 amide bonds. The molecule has 2 rings (SSSR count). The molecule has 0 spiro atoms. The Kier molecular flexibility index (Phi) is 6.60. The van der Waals surface area contributed by atoms with E-state index in [9.17, 15) is 14.4 Å². The normalized spacial score (nSPS) is 14.3. The summed E-state index contributed by atoms with van der Waals surface area (Å²) in [7, 11) is 1.29. The Morgan fingerprint density at radius 3 is 2.56 bits per heavy atom. The van der Waals surface area contributed by atoms with Crippen molar-refractivity contribution in [2.75, 3.05) is 7.11 Å². The highest BCUT2D eigenvalue weighted by atomic mass is 16.5. The number of carbonyl (C=O) groups is 2. The maximum absolute atomic E-state index is 12.5. The van der Waals surface area contributed by atoms with Gasteiger partial charge in [-0.05, 0) is 37.5 Å². The number of amides is 1. The molecule has 0 aliphatic carbocycles. The van der Waals surface area contributed by atoms with Gasteiger partial charge in [0.1, 0.15) is 17.4 Å². The van der Waals surface area contributed by atoms with Crippen LogP contribution in [0, 0.1) is 12.8 Å². The molecule has 0 aliphatic heterocycles. The Morgan fingerprint density at radius 2 is 1.93 bits per heavy atom. The fraction of sp³-hybridized carbons (Fsp3) is 0.450. The zero-order chi connectivity index (χ0) is 20.1. The number of ether oxygens (including phenoxy) is 2. The van der Waals surface area contributed by atoms with Gasteiger partial charge < -0.3 is 19.2 Å². The minimum Gasteiger partial charge on any atom is -0.481 e. The molecular formula is C20H25NO6. The van der Waals surface area contributed by atoms with Crippen molar-refractivity contribution in [3.8, 4) is 5.75 Å². The summed E-state index contributed by atoms with van der Waals surface area (Å²) in [4.78, 5) is 35.9. The lowest BCUT2D eigenvalue weighted by atomic mass is 9.99. The second kappa shape index (κ2) is 8.70. The van der Waals surface area contributed by atoms with E-state index in [2.05, 4.69) is 5.32 Å². The SMILES string of the molecule is CC[C@H](C)[C@@H](NC(=O)[C@@H](C)Oc1ccc2c(C)cc(=O)oc2c1)C(=O)OC. The van der Waals surface area contributed by atoms with Gasteiger partial charge in [0.05, 0.1) is 7.11 Å². The summed E-state index contributed by atoms with van der Waals surface area (Å²) in [6, 6.07) is 5.71. The standard InChI is InChI=1S/C20H25NO6/c1-6-11(2)18(20(24)25-5)21-19(23)13(4)26-14-7-8-15-12(3)9-17(22)27-16(15)10-14/h7-11,13,18H,6H2,1-5H3,(H,21,23)/t11-,13+,18+/m0/s1. The van der Waals surface area contributed by atoms with Crippen molar-refractivity contribution in [2.45, 2.75) is 46.3 Å². The molecule has 0 fully saturated rings. The van der Waals surface area contributed by atoms with E-state index in [1.807, 2.05) is 20.8 Å². The zero-order valence-electron chi connectivity index (χ0n) is 16.2. The molecule has 0 saturated carbocycles. The van der Waals surface area contributed by atoms with E-state index in [4.69, 9.17) is 13.9 Å². The van der Waals surface area contributed by atoms with Crippen molar-refractivity contribution in [3.63, 3.8) is 0 Å². The van der Waals surface area contributed by atoms with E-state index >= 15 is 0 Å². The van der Waals surface area contributed by atoms with Gasteiger partial charge >= 0.3 is 11.6 Å². The lowest BCUT2D eigenvalue weighted by Crippen LogP contribution is -2.49. The van der Waals surface area contributed by atoms with Crippen molar-refractivity contribution < 1.29 is 23.5 Å². The molecule has 7 nitrogen and oxygen atoms in total. The van der Waals surface area contributed by atoms with E-state index < -0.39 is 29.6 Å². The van der Waals surface area contributed by atoms with E-state index in [0.717, 1.165) is 10.9 Å². The average molecular weight is 375 g/mol. The van der Waals surface area contributed by atoms with E-state index in [-0.39, 0.29) is 5.92 Å². The molecule has 27 heavy (non-hydrogen) atoms. The first-order valence-electron chi connectivity index (χ1n) is 8.86. The van der Waals surface area contributed by atoms with Crippen molar-refractivity contribution in [3.05, 3.63) is 40.2 Å². The van der Waals surface area contributed by atoms with Crippen LogP contribution in [0.2, 0.25) is 0 Å². The number of esters is 1. The highest BCUT2D eigenvalue weighted by molar-refractivity contribution is 5.87. The minimum absolute atomic E-state index is 0.0773. The molecule has 2 aromatic rings. The number of hydrogen-bond donors (Lipinski definition) is 1. The maximum atomic E-state index is 12.5. The Hall–Kier alpha value is -2.83. The predicted molar refractivity (Wildman–Crippen MR) is 101 cm³/mol. The molecule has 0 saturated heterocycles. The third-order valence-electron chi connectivity index (χ3n) is 4.57. The van der Waals surface area contributed by atoms with Gasteiger partial charge in [-0.3, -0.25) is 4.79 Å². The molecule has 0 radical (unpaired) electrons. The number of benzene rings is 1. The van der Waals surface area contributed by atoms with Crippen molar-refractivity contribution >= 4 is 22.8 Å². The first-order chi connectivity index (χ1) is 12.8. The van der Waals surface area contributed by atoms with Crippen LogP contribution in [0.4, 0.5) is 0 Å². The van der Waals surface area contributed by atoms with E-state index in [0.29, 0.717) is 17.8 Å². The third-order valence-corrected chi connectivity index (χ3v) is 4.57. The lowest BCUT2D eigenvalue weighted by molar-refractivity contribution is -0.147. The topological polar surface area (TPSA) is 94.8 Å². The fourth-order valence-corrected chi connectivity index (χ4v) is 2.70. The number of aryl methyl sites for hydroxylation is 1. The Morgan fingerprint density at radius 1 is 1.22 bits per heavy atom. The maximum Gasteiger partial charge on any atom is 0.336 e. The second-order valence-electron chi connectivity index (χ2n) is 6.56. The molecule has 7 heteroatoms. The van der Waals surface area contributed by atoms with E-state index in [1.165, 1.54) is 13.2 Å². The van der Waals surface area contributed by atoms with Gasteiger partial charge in [-0.2, -0.15) is 0 Å². The molecule has 1 aromatic carbocycles. The van der Waals surface area contributed by atoms with Gasteiger partial charge in [-0.25, -0.2) is 9.59 Å². The van der Waals surface area contributed by atoms with E-state index in [1.54, 1.807) is 25.1 Å². The lowest BCUT2D eigenvalue weighted by Gasteiger charge is -2.24. The Balaban J connectivity index is 2.14. The van der Waals surface area contributed by atoms with Crippen LogP contribution >= 0.6 is 0 Å². The zero-order valence-corrected chi connectivity index (χ0v) is 16.2. The predicted octanol–water partition coefficient (Wildman–Crippen LogP) is 2.57. The number of rotatable bonds is 7. The molecule has 146 valence electrons. The smallest absolute Gasteiger partial charge is 0.336 e. The second-order valence-corrected chi connectivity index (χ2v) is 6.56. The van der Waals surface area contributed by atoms with Crippen molar-refractivity contribution in [2.24, 2.45) is 5.92 Å². The van der Waals surface area contributed by atoms with Crippen molar-refractivity contribution in [1.29, 1.82) is 0 Å². The highest BCUT2D eigenvalue weighted by Crippen LogP contribution is 2.23. The van der Waals surface area contributed by atoms with Gasteiger partial charge in [0.2, 0.25) is 0 Å². The van der Waals surface area contributed by atoms with Crippen LogP contribution in [0.5, 0.6) is 5.75 Å². The monoisotopic (exact) mass is 375 g/mol. The summed E-state index contributed by atoms with van der Waals surface area (Å²) in [6.45, 7) is 7.19. The summed E-state index contributed by atoms with van der Waals surface area (Å²) >= 11 is 0. The number of nitrogens with one attached hydrogen (secondary N) is 1. The van der Waals surface area contributed by atoms with Crippen LogP contribution in [0.1, 0.15) is 32.8 Å².